The molecule has 0 bridgehead atoms. The second-order valence-corrected chi connectivity index (χ2v) is 8.95. The standard InChI is InChI=1S/C27H30N2O5/c1-2-8-24(25(30)28-18-10-7-9-17(15-18)26(31)32)29-27(33)34-16-23-21-13-5-3-11-19(21)20-12-4-6-14-22(20)23/h2-6,11-14,17-18,23-24H,1,7-10,15-16H2,(H,28,30)(H,29,33)(H,31,32). The van der Waals surface area contributed by atoms with Gasteiger partial charge in [0.2, 0.25) is 5.91 Å². The Bertz CT molecular complexity index is 1040. The van der Waals surface area contributed by atoms with Crippen LogP contribution in [-0.4, -0.2) is 41.8 Å². The van der Waals surface area contributed by atoms with Crippen molar-refractivity contribution >= 4 is 18.0 Å². The Morgan fingerprint density at radius 3 is 2.32 bits per heavy atom. The molecule has 178 valence electrons. The summed E-state index contributed by atoms with van der Waals surface area (Å²) in [6.45, 7) is 3.84. The maximum atomic E-state index is 12.8. The number of amides is 2. The summed E-state index contributed by atoms with van der Waals surface area (Å²) in [6.07, 6.45) is 3.62. The van der Waals surface area contributed by atoms with Gasteiger partial charge in [-0.05, 0) is 47.9 Å². The van der Waals surface area contributed by atoms with Crippen molar-refractivity contribution in [3.8, 4) is 11.1 Å². The summed E-state index contributed by atoms with van der Waals surface area (Å²) < 4.78 is 5.56. The molecule has 2 aromatic rings. The van der Waals surface area contributed by atoms with Crippen molar-refractivity contribution in [1.29, 1.82) is 0 Å². The van der Waals surface area contributed by atoms with Gasteiger partial charge < -0.3 is 20.5 Å². The van der Waals surface area contributed by atoms with Crippen molar-refractivity contribution in [1.82, 2.24) is 10.6 Å². The molecule has 2 aliphatic carbocycles. The second kappa shape index (κ2) is 10.5. The van der Waals surface area contributed by atoms with E-state index in [-0.39, 0.29) is 30.9 Å². The van der Waals surface area contributed by atoms with Crippen molar-refractivity contribution < 1.29 is 24.2 Å². The number of rotatable bonds is 8. The van der Waals surface area contributed by atoms with E-state index in [1.54, 1.807) is 6.08 Å². The number of carboxylic acids is 1. The fourth-order valence-electron chi connectivity index (χ4n) is 5.03. The van der Waals surface area contributed by atoms with E-state index in [1.807, 2.05) is 36.4 Å². The van der Waals surface area contributed by atoms with Gasteiger partial charge >= 0.3 is 12.1 Å². The summed E-state index contributed by atoms with van der Waals surface area (Å²) in [7, 11) is 0. The van der Waals surface area contributed by atoms with E-state index in [9.17, 15) is 19.5 Å². The van der Waals surface area contributed by atoms with E-state index in [1.165, 1.54) is 0 Å². The second-order valence-electron chi connectivity index (χ2n) is 8.95. The highest BCUT2D eigenvalue weighted by Gasteiger charge is 2.31. The molecule has 34 heavy (non-hydrogen) atoms. The molecule has 2 amide bonds. The molecule has 1 saturated carbocycles. The van der Waals surface area contributed by atoms with E-state index in [4.69, 9.17) is 4.74 Å². The fourth-order valence-corrected chi connectivity index (χ4v) is 5.03. The Kier molecular flexibility index (Phi) is 7.30. The number of benzene rings is 2. The molecule has 0 spiro atoms. The lowest BCUT2D eigenvalue weighted by Crippen LogP contribution is -2.50. The average molecular weight is 463 g/mol. The van der Waals surface area contributed by atoms with Crippen LogP contribution in [0.4, 0.5) is 4.79 Å². The molecule has 2 aromatic carbocycles. The molecule has 0 heterocycles. The summed E-state index contributed by atoms with van der Waals surface area (Å²) in [5.41, 5.74) is 4.51. The molecule has 3 unspecified atom stereocenters. The van der Waals surface area contributed by atoms with Gasteiger partial charge in [0, 0.05) is 12.0 Å². The lowest BCUT2D eigenvalue weighted by molar-refractivity contribution is -0.143. The Labute approximate surface area is 199 Å². The minimum atomic E-state index is -0.835. The van der Waals surface area contributed by atoms with Crippen molar-refractivity contribution in [2.45, 2.75) is 50.1 Å². The van der Waals surface area contributed by atoms with Crippen LogP contribution >= 0.6 is 0 Å². The summed E-state index contributed by atoms with van der Waals surface area (Å²) >= 11 is 0. The van der Waals surface area contributed by atoms with Crippen LogP contribution in [0.2, 0.25) is 0 Å². The Morgan fingerprint density at radius 1 is 1.06 bits per heavy atom. The zero-order valence-electron chi connectivity index (χ0n) is 19.0. The highest BCUT2D eigenvalue weighted by molar-refractivity contribution is 5.86. The van der Waals surface area contributed by atoms with Gasteiger partial charge in [0.1, 0.15) is 12.6 Å². The van der Waals surface area contributed by atoms with Crippen LogP contribution in [0.5, 0.6) is 0 Å². The van der Waals surface area contributed by atoms with E-state index < -0.39 is 24.0 Å². The molecule has 0 aliphatic heterocycles. The molecule has 3 N–H and O–H groups in total. The van der Waals surface area contributed by atoms with Crippen LogP contribution in [0.15, 0.2) is 61.2 Å². The molecule has 3 atom stereocenters. The summed E-state index contributed by atoms with van der Waals surface area (Å²) in [5, 5.41) is 14.8. The highest BCUT2D eigenvalue weighted by atomic mass is 16.5. The number of carboxylic acid groups (broad SMARTS) is 1. The maximum Gasteiger partial charge on any atom is 0.407 e. The van der Waals surface area contributed by atoms with Gasteiger partial charge in [0.05, 0.1) is 5.92 Å². The minimum Gasteiger partial charge on any atom is -0.481 e. The van der Waals surface area contributed by atoms with Crippen LogP contribution in [0.1, 0.15) is 49.1 Å². The zero-order chi connectivity index (χ0) is 24.1. The number of fused-ring (bicyclic) bond motifs is 3. The molecule has 4 rings (SSSR count). The summed E-state index contributed by atoms with van der Waals surface area (Å²) in [5.74, 6) is -1.71. The molecule has 0 saturated heterocycles. The van der Waals surface area contributed by atoms with Gasteiger partial charge in [-0.25, -0.2) is 4.79 Å². The Morgan fingerprint density at radius 2 is 1.71 bits per heavy atom. The van der Waals surface area contributed by atoms with Crippen LogP contribution in [-0.2, 0) is 14.3 Å². The van der Waals surface area contributed by atoms with Gasteiger partial charge in [-0.1, -0.05) is 61.0 Å². The largest absolute Gasteiger partial charge is 0.481 e. The Hall–Kier alpha value is -3.61. The smallest absolute Gasteiger partial charge is 0.407 e. The van der Waals surface area contributed by atoms with Crippen LogP contribution in [0.25, 0.3) is 11.1 Å². The molecule has 2 aliphatic rings. The van der Waals surface area contributed by atoms with Crippen LogP contribution < -0.4 is 10.6 Å². The number of alkyl carbamates (subject to hydrolysis) is 1. The topological polar surface area (TPSA) is 105 Å². The van der Waals surface area contributed by atoms with Gasteiger partial charge in [-0.15, -0.1) is 6.58 Å². The Balaban J connectivity index is 1.36. The fraction of sp³-hybridized carbons (Fsp3) is 0.370. The minimum absolute atomic E-state index is 0.0694. The number of carbonyl (C=O) groups is 3. The molecular weight excluding hydrogens is 432 g/mol. The van der Waals surface area contributed by atoms with E-state index >= 15 is 0 Å². The molecule has 0 aromatic heterocycles. The first kappa shape index (κ1) is 23.5. The zero-order valence-corrected chi connectivity index (χ0v) is 19.0. The number of hydrogen-bond acceptors (Lipinski definition) is 4. The third-order valence-electron chi connectivity index (χ3n) is 6.72. The van der Waals surface area contributed by atoms with Crippen LogP contribution in [0, 0.1) is 5.92 Å². The first-order valence-electron chi connectivity index (χ1n) is 11.7. The monoisotopic (exact) mass is 462 g/mol. The number of carbonyl (C=O) groups excluding carboxylic acids is 2. The predicted molar refractivity (Wildman–Crippen MR) is 128 cm³/mol. The van der Waals surface area contributed by atoms with Crippen LogP contribution in [0.3, 0.4) is 0 Å². The van der Waals surface area contributed by atoms with Crippen molar-refractivity contribution in [2.24, 2.45) is 5.92 Å². The van der Waals surface area contributed by atoms with E-state index in [0.717, 1.165) is 35.1 Å². The van der Waals surface area contributed by atoms with Gasteiger partial charge in [-0.2, -0.15) is 0 Å². The van der Waals surface area contributed by atoms with Gasteiger partial charge in [-0.3, -0.25) is 9.59 Å². The van der Waals surface area contributed by atoms with Gasteiger partial charge in [0.15, 0.2) is 0 Å². The average Bonchev–Trinajstić information content (AvgIpc) is 3.16. The lowest BCUT2D eigenvalue weighted by Gasteiger charge is -2.29. The van der Waals surface area contributed by atoms with E-state index in [0.29, 0.717) is 12.8 Å². The summed E-state index contributed by atoms with van der Waals surface area (Å²) in [4.78, 5) is 36.7. The predicted octanol–water partition coefficient (Wildman–Crippen LogP) is 4.23. The quantitative estimate of drug-likeness (QED) is 0.509. The van der Waals surface area contributed by atoms with E-state index in [2.05, 4.69) is 29.3 Å². The molecule has 7 heteroatoms. The SMILES string of the molecule is C=CCC(NC(=O)OCC1c2ccccc2-c2ccccc21)C(=O)NC1CCCC(C(=O)O)C1. The molecular formula is C27H30N2O5. The number of ether oxygens (including phenoxy) is 1. The normalized spacial score (nSPS) is 19.9. The highest BCUT2D eigenvalue weighted by Crippen LogP contribution is 2.44. The van der Waals surface area contributed by atoms with Gasteiger partial charge in [0.25, 0.3) is 0 Å². The first-order valence-corrected chi connectivity index (χ1v) is 11.7. The number of aliphatic carboxylic acids is 1. The van der Waals surface area contributed by atoms with Crippen molar-refractivity contribution in [3.05, 3.63) is 72.3 Å². The maximum absolute atomic E-state index is 12.8. The lowest BCUT2D eigenvalue weighted by atomic mass is 9.85. The molecule has 0 radical (unpaired) electrons. The third kappa shape index (κ3) is 5.14. The first-order chi connectivity index (χ1) is 16.5. The number of nitrogens with one attached hydrogen (secondary N) is 2. The third-order valence-corrected chi connectivity index (χ3v) is 6.72. The number of hydrogen-bond donors (Lipinski definition) is 3. The van der Waals surface area contributed by atoms with Crippen molar-refractivity contribution in [3.63, 3.8) is 0 Å². The molecule has 7 nitrogen and oxygen atoms in total. The summed E-state index contributed by atoms with van der Waals surface area (Å²) in [6, 6.07) is 15.1. The van der Waals surface area contributed by atoms with Crippen molar-refractivity contribution in [2.75, 3.05) is 6.61 Å². The molecule has 1 fully saturated rings.